The quantitative estimate of drug-likeness (QED) is 0.375. The Hall–Kier alpha value is -1.74. The maximum absolute atomic E-state index is 12.6. The van der Waals surface area contributed by atoms with Gasteiger partial charge in [0.25, 0.3) is 0 Å². The van der Waals surface area contributed by atoms with Crippen LogP contribution >= 0.6 is 0 Å². The summed E-state index contributed by atoms with van der Waals surface area (Å²) in [5.41, 5.74) is 7.82. The lowest BCUT2D eigenvalue weighted by atomic mass is 10.3. The van der Waals surface area contributed by atoms with Crippen LogP contribution in [-0.4, -0.2) is 5.11 Å². The smallest absolute Gasteiger partial charge is 0.136 e. The number of hydrogen-bond acceptors (Lipinski definition) is 2. The van der Waals surface area contributed by atoms with Crippen LogP contribution in [0.3, 0.4) is 0 Å². The molecule has 1 aromatic carbocycles. The van der Waals surface area contributed by atoms with Gasteiger partial charge in [-0.1, -0.05) is 5.11 Å². The standard InChI is InChI=1S/C6H4FN3O/c7-5-3-4(11)1-2-6(5)9-10-8/h1-3,11H. The number of azide groups is 1. The first-order valence-corrected chi connectivity index (χ1v) is 2.77. The molecule has 4 nitrogen and oxygen atoms in total. The van der Waals surface area contributed by atoms with E-state index in [4.69, 9.17) is 10.6 Å². The zero-order valence-corrected chi connectivity index (χ0v) is 5.40. The van der Waals surface area contributed by atoms with E-state index in [-0.39, 0.29) is 11.4 Å². The molecule has 0 aliphatic rings. The first-order chi connectivity index (χ1) is 5.24. The van der Waals surface area contributed by atoms with Crippen LogP contribution < -0.4 is 0 Å². The van der Waals surface area contributed by atoms with Crippen LogP contribution in [0.25, 0.3) is 10.4 Å². The van der Waals surface area contributed by atoms with E-state index < -0.39 is 5.82 Å². The van der Waals surface area contributed by atoms with Crippen molar-refractivity contribution in [1.82, 2.24) is 0 Å². The molecule has 0 bridgehead atoms. The van der Waals surface area contributed by atoms with E-state index >= 15 is 0 Å². The molecule has 0 saturated carbocycles. The van der Waals surface area contributed by atoms with E-state index in [0.29, 0.717) is 0 Å². The average Bonchev–Trinajstić information content (AvgIpc) is 1.95. The molecular weight excluding hydrogens is 149 g/mol. The molecule has 0 aliphatic carbocycles. The van der Waals surface area contributed by atoms with Gasteiger partial charge in [-0.25, -0.2) is 4.39 Å². The summed E-state index contributed by atoms with van der Waals surface area (Å²) in [5.74, 6) is -0.929. The molecule has 0 aromatic heterocycles. The van der Waals surface area contributed by atoms with Gasteiger partial charge in [-0.3, -0.25) is 0 Å². The summed E-state index contributed by atoms with van der Waals surface area (Å²) in [7, 11) is 0. The predicted octanol–water partition coefficient (Wildman–Crippen LogP) is 2.47. The molecule has 1 N–H and O–H groups in total. The highest BCUT2D eigenvalue weighted by Crippen LogP contribution is 2.21. The first kappa shape index (κ1) is 7.37. The minimum atomic E-state index is -0.734. The van der Waals surface area contributed by atoms with Crippen LogP contribution in [0.1, 0.15) is 0 Å². The van der Waals surface area contributed by atoms with Crippen molar-refractivity contribution in [1.29, 1.82) is 0 Å². The van der Waals surface area contributed by atoms with Crippen LogP contribution in [0.15, 0.2) is 23.3 Å². The molecule has 1 rings (SSSR count). The zero-order valence-electron chi connectivity index (χ0n) is 5.40. The Morgan fingerprint density at radius 3 is 2.82 bits per heavy atom. The van der Waals surface area contributed by atoms with Crippen LogP contribution in [0.4, 0.5) is 10.1 Å². The number of nitrogens with zero attached hydrogens (tertiary/aromatic N) is 3. The minimum absolute atomic E-state index is 0.120. The van der Waals surface area contributed by atoms with E-state index in [2.05, 4.69) is 10.0 Å². The molecule has 0 unspecified atom stereocenters. The lowest BCUT2D eigenvalue weighted by Crippen LogP contribution is -1.72. The van der Waals surface area contributed by atoms with Gasteiger partial charge in [0.05, 0.1) is 5.69 Å². The van der Waals surface area contributed by atoms with Crippen molar-refractivity contribution in [2.45, 2.75) is 0 Å². The molecule has 56 valence electrons. The van der Waals surface area contributed by atoms with Gasteiger partial charge >= 0.3 is 0 Å². The minimum Gasteiger partial charge on any atom is -0.508 e. The number of aromatic hydroxyl groups is 1. The number of rotatable bonds is 1. The number of halogens is 1. The SMILES string of the molecule is [N-]=[N+]=Nc1ccc(O)cc1F. The highest BCUT2D eigenvalue weighted by atomic mass is 19.1. The molecule has 0 saturated heterocycles. The Morgan fingerprint density at radius 1 is 1.55 bits per heavy atom. The number of benzene rings is 1. The van der Waals surface area contributed by atoms with Crippen LogP contribution in [0, 0.1) is 5.82 Å². The monoisotopic (exact) mass is 153 g/mol. The summed E-state index contributed by atoms with van der Waals surface area (Å²) < 4.78 is 12.6. The summed E-state index contributed by atoms with van der Waals surface area (Å²) >= 11 is 0. The van der Waals surface area contributed by atoms with Crippen LogP contribution in [0.2, 0.25) is 0 Å². The Morgan fingerprint density at radius 2 is 2.27 bits per heavy atom. The summed E-state index contributed by atoms with van der Waals surface area (Å²) in [4.78, 5) is 2.40. The topological polar surface area (TPSA) is 69.0 Å². The largest absolute Gasteiger partial charge is 0.508 e. The molecule has 0 spiro atoms. The third-order valence-electron chi connectivity index (χ3n) is 1.08. The van der Waals surface area contributed by atoms with Gasteiger partial charge in [-0.15, -0.1) is 0 Å². The lowest BCUT2D eigenvalue weighted by Gasteiger charge is -1.94. The molecule has 0 radical (unpaired) electrons. The van der Waals surface area contributed by atoms with Crippen molar-refractivity contribution in [2.24, 2.45) is 5.11 Å². The van der Waals surface area contributed by atoms with Gasteiger partial charge in [0.1, 0.15) is 11.6 Å². The molecule has 0 atom stereocenters. The maximum atomic E-state index is 12.6. The lowest BCUT2D eigenvalue weighted by molar-refractivity contribution is 0.469. The average molecular weight is 153 g/mol. The first-order valence-electron chi connectivity index (χ1n) is 2.77. The molecular formula is C6H4FN3O. The van der Waals surface area contributed by atoms with Gasteiger partial charge in [0, 0.05) is 11.0 Å². The summed E-state index contributed by atoms with van der Waals surface area (Å²) in [6.45, 7) is 0. The molecule has 0 amide bonds. The highest BCUT2D eigenvalue weighted by molar-refractivity contribution is 5.42. The fraction of sp³-hybridized carbons (Fsp3) is 0. The zero-order chi connectivity index (χ0) is 8.27. The van der Waals surface area contributed by atoms with Gasteiger partial charge in [-0.05, 0) is 17.7 Å². The Kier molecular flexibility index (Phi) is 1.94. The van der Waals surface area contributed by atoms with Crippen molar-refractivity contribution in [3.05, 3.63) is 34.5 Å². The Balaban J connectivity index is 3.19. The van der Waals surface area contributed by atoms with Crippen molar-refractivity contribution < 1.29 is 9.50 Å². The van der Waals surface area contributed by atoms with Crippen LogP contribution in [-0.2, 0) is 0 Å². The predicted molar refractivity (Wildman–Crippen MR) is 36.9 cm³/mol. The molecule has 0 fully saturated rings. The van der Waals surface area contributed by atoms with Crippen molar-refractivity contribution in [2.75, 3.05) is 0 Å². The summed E-state index contributed by atoms with van der Waals surface area (Å²) in [6, 6.07) is 3.32. The second-order valence-electron chi connectivity index (χ2n) is 1.83. The Bertz CT molecular complexity index is 320. The molecule has 5 heteroatoms. The van der Waals surface area contributed by atoms with E-state index in [9.17, 15) is 4.39 Å². The number of phenolic OH excluding ortho intramolecular Hbond substituents is 1. The molecule has 11 heavy (non-hydrogen) atoms. The van der Waals surface area contributed by atoms with E-state index in [1.54, 1.807) is 0 Å². The van der Waals surface area contributed by atoms with Gasteiger partial charge in [-0.2, -0.15) is 0 Å². The molecule has 0 heterocycles. The number of hydrogen-bond donors (Lipinski definition) is 1. The Labute approximate surface area is 61.5 Å². The van der Waals surface area contributed by atoms with Crippen molar-refractivity contribution in [3.8, 4) is 5.75 Å². The fourth-order valence-corrected chi connectivity index (χ4v) is 0.625. The van der Waals surface area contributed by atoms with Crippen molar-refractivity contribution in [3.63, 3.8) is 0 Å². The van der Waals surface area contributed by atoms with Crippen LogP contribution in [0.5, 0.6) is 5.75 Å². The van der Waals surface area contributed by atoms with E-state index in [1.165, 1.54) is 12.1 Å². The summed E-state index contributed by atoms with van der Waals surface area (Å²) in [5, 5.41) is 11.8. The molecule has 0 aliphatic heterocycles. The number of phenols is 1. The third kappa shape index (κ3) is 1.59. The van der Waals surface area contributed by atoms with E-state index in [1.807, 2.05) is 0 Å². The van der Waals surface area contributed by atoms with Gasteiger partial charge < -0.3 is 5.11 Å². The second kappa shape index (κ2) is 2.90. The normalized spacial score (nSPS) is 8.82. The third-order valence-corrected chi connectivity index (χ3v) is 1.08. The van der Waals surface area contributed by atoms with Gasteiger partial charge in [0.15, 0.2) is 0 Å². The van der Waals surface area contributed by atoms with E-state index in [0.717, 1.165) is 6.07 Å². The second-order valence-corrected chi connectivity index (χ2v) is 1.83. The van der Waals surface area contributed by atoms with Crippen molar-refractivity contribution >= 4 is 5.69 Å². The maximum Gasteiger partial charge on any atom is 0.136 e. The summed E-state index contributed by atoms with van der Waals surface area (Å²) in [6.07, 6.45) is 0. The van der Waals surface area contributed by atoms with Gasteiger partial charge in [0.2, 0.25) is 0 Å². The highest BCUT2D eigenvalue weighted by Gasteiger charge is 1.98. The molecule has 1 aromatic rings. The fourth-order valence-electron chi connectivity index (χ4n) is 0.625.